The van der Waals surface area contributed by atoms with E-state index >= 15 is 0 Å². The summed E-state index contributed by atoms with van der Waals surface area (Å²) in [5, 5.41) is 0. The summed E-state index contributed by atoms with van der Waals surface area (Å²) < 4.78 is 5.41. The Balaban J connectivity index is 2.09. The molecule has 1 fully saturated rings. The van der Waals surface area contributed by atoms with Crippen LogP contribution in [0.2, 0.25) is 0 Å². The predicted octanol–water partition coefficient (Wildman–Crippen LogP) is 2.70. The topological polar surface area (TPSA) is 47.3 Å². The maximum atomic E-state index is 12.5. The molecule has 2 aliphatic rings. The lowest BCUT2D eigenvalue weighted by Gasteiger charge is -2.42. The number of furan rings is 1. The fourth-order valence-corrected chi connectivity index (χ4v) is 3.22. The van der Waals surface area contributed by atoms with E-state index in [0.29, 0.717) is 30.8 Å². The van der Waals surface area contributed by atoms with Crippen LogP contribution in [0.5, 0.6) is 0 Å². The molecule has 3 heteroatoms. The largest absolute Gasteiger partial charge is 0.461 e. The van der Waals surface area contributed by atoms with Gasteiger partial charge in [0, 0.05) is 23.8 Å². The van der Waals surface area contributed by atoms with Crippen molar-refractivity contribution in [2.24, 2.45) is 11.3 Å². The molecule has 0 aliphatic heterocycles. The molecule has 2 atom stereocenters. The van der Waals surface area contributed by atoms with Crippen LogP contribution < -0.4 is 0 Å². The minimum absolute atomic E-state index is 0.101. The Morgan fingerprint density at radius 2 is 2.12 bits per heavy atom. The van der Waals surface area contributed by atoms with E-state index in [1.165, 1.54) is 0 Å². The quantitative estimate of drug-likeness (QED) is 0.691. The molecule has 2 aliphatic carbocycles. The Kier molecular flexibility index (Phi) is 2.09. The van der Waals surface area contributed by atoms with Crippen LogP contribution in [0.1, 0.15) is 47.9 Å². The smallest absolute Gasteiger partial charge is 0.204 e. The minimum Gasteiger partial charge on any atom is -0.461 e. The van der Waals surface area contributed by atoms with Crippen LogP contribution in [-0.2, 0) is 11.2 Å². The third-order valence-electron chi connectivity index (χ3n) is 4.58. The highest BCUT2D eigenvalue weighted by molar-refractivity contribution is 6.02. The van der Waals surface area contributed by atoms with Gasteiger partial charge in [-0.2, -0.15) is 0 Å². The van der Waals surface area contributed by atoms with Gasteiger partial charge in [0.1, 0.15) is 5.78 Å². The number of fused-ring (bicyclic) bond motifs is 2. The molecule has 0 N–H and O–H groups in total. The summed E-state index contributed by atoms with van der Waals surface area (Å²) in [4.78, 5) is 24.1. The van der Waals surface area contributed by atoms with E-state index < -0.39 is 0 Å². The van der Waals surface area contributed by atoms with Crippen molar-refractivity contribution >= 4 is 11.6 Å². The number of rotatable bonds is 0. The van der Waals surface area contributed by atoms with Crippen molar-refractivity contribution in [3.63, 3.8) is 0 Å². The summed E-state index contributed by atoms with van der Waals surface area (Å²) in [5.41, 5.74) is 1.67. The second kappa shape index (κ2) is 3.31. The van der Waals surface area contributed by atoms with Gasteiger partial charge in [-0.1, -0.05) is 6.92 Å². The zero-order chi connectivity index (χ0) is 12.2. The number of Topliss-reactive ketones (excluding diaryl/α,β-unsaturated/α-hetero) is 2. The van der Waals surface area contributed by atoms with Crippen LogP contribution in [0, 0.1) is 18.3 Å². The van der Waals surface area contributed by atoms with Crippen LogP contribution >= 0.6 is 0 Å². The zero-order valence-electron chi connectivity index (χ0n) is 10.2. The van der Waals surface area contributed by atoms with Gasteiger partial charge in [0.2, 0.25) is 5.78 Å². The first kappa shape index (κ1) is 10.8. The summed E-state index contributed by atoms with van der Waals surface area (Å²) in [7, 11) is 0. The van der Waals surface area contributed by atoms with Crippen LogP contribution in [0.4, 0.5) is 0 Å². The van der Waals surface area contributed by atoms with Crippen LogP contribution in [0.3, 0.4) is 0 Å². The van der Waals surface area contributed by atoms with Crippen LogP contribution in [0.25, 0.3) is 0 Å². The normalized spacial score (nSPS) is 32.2. The number of ketones is 2. The molecule has 1 aromatic rings. The summed E-state index contributed by atoms with van der Waals surface area (Å²) in [6.45, 7) is 3.95. The average molecular weight is 232 g/mol. The second-order valence-electron chi connectivity index (χ2n) is 5.62. The van der Waals surface area contributed by atoms with E-state index in [-0.39, 0.29) is 17.1 Å². The molecule has 0 unspecified atom stereocenters. The van der Waals surface area contributed by atoms with Crippen molar-refractivity contribution in [2.45, 2.75) is 39.5 Å². The summed E-state index contributed by atoms with van der Waals surface area (Å²) in [5.74, 6) is 1.10. The van der Waals surface area contributed by atoms with Gasteiger partial charge < -0.3 is 4.42 Å². The summed E-state index contributed by atoms with van der Waals surface area (Å²) >= 11 is 0. The van der Waals surface area contributed by atoms with Gasteiger partial charge in [0.15, 0.2) is 5.76 Å². The van der Waals surface area contributed by atoms with Gasteiger partial charge in [0.05, 0.1) is 6.26 Å². The lowest BCUT2D eigenvalue weighted by Crippen LogP contribution is -2.45. The highest BCUT2D eigenvalue weighted by Crippen LogP contribution is 2.48. The predicted molar refractivity (Wildman–Crippen MR) is 61.9 cm³/mol. The van der Waals surface area contributed by atoms with E-state index in [1.807, 2.05) is 13.8 Å². The summed E-state index contributed by atoms with van der Waals surface area (Å²) in [6, 6.07) is 0. The minimum atomic E-state index is -0.384. The average Bonchev–Trinajstić information content (AvgIpc) is 2.65. The first-order valence-electron chi connectivity index (χ1n) is 6.16. The number of carbonyl (C=O) groups is 2. The molecular weight excluding hydrogens is 216 g/mol. The van der Waals surface area contributed by atoms with Gasteiger partial charge in [-0.05, 0) is 31.2 Å². The highest BCUT2D eigenvalue weighted by atomic mass is 16.3. The standard InChI is InChI=1S/C14H16O3/c1-8-7-17-12-11(8)6-9-5-10(15)3-4-14(9,2)13(12)16/h7,9H,3-6H2,1-2H3/t9-,14-/m0/s1. The Morgan fingerprint density at radius 1 is 1.35 bits per heavy atom. The Morgan fingerprint density at radius 3 is 2.88 bits per heavy atom. The van der Waals surface area contributed by atoms with Crippen molar-refractivity contribution < 1.29 is 14.0 Å². The molecule has 0 aromatic carbocycles. The maximum Gasteiger partial charge on any atom is 0.204 e. The van der Waals surface area contributed by atoms with Gasteiger partial charge >= 0.3 is 0 Å². The van der Waals surface area contributed by atoms with E-state index in [0.717, 1.165) is 17.5 Å². The van der Waals surface area contributed by atoms with Crippen molar-refractivity contribution in [2.75, 3.05) is 0 Å². The zero-order valence-corrected chi connectivity index (χ0v) is 10.2. The van der Waals surface area contributed by atoms with Crippen molar-refractivity contribution in [3.05, 3.63) is 23.2 Å². The van der Waals surface area contributed by atoms with E-state index in [4.69, 9.17) is 4.42 Å². The molecule has 1 aromatic heterocycles. The Labute approximate surface area is 100 Å². The number of aryl methyl sites for hydroxylation is 1. The molecule has 0 bridgehead atoms. The Bertz CT molecular complexity index is 512. The second-order valence-corrected chi connectivity index (χ2v) is 5.62. The molecular formula is C14H16O3. The molecule has 1 heterocycles. The molecule has 0 radical (unpaired) electrons. The fourth-order valence-electron chi connectivity index (χ4n) is 3.22. The molecule has 0 spiro atoms. The maximum absolute atomic E-state index is 12.5. The van der Waals surface area contributed by atoms with Crippen molar-refractivity contribution in [3.8, 4) is 0 Å². The summed E-state index contributed by atoms with van der Waals surface area (Å²) in [6.07, 6.45) is 4.23. The van der Waals surface area contributed by atoms with Gasteiger partial charge in [-0.3, -0.25) is 9.59 Å². The fraction of sp³-hybridized carbons (Fsp3) is 0.571. The van der Waals surface area contributed by atoms with Crippen LogP contribution in [0.15, 0.2) is 10.7 Å². The number of carbonyl (C=O) groups excluding carboxylic acids is 2. The van der Waals surface area contributed by atoms with Gasteiger partial charge in [-0.25, -0.2) is 0 Å². The van der Waals surface area contributed by atoms with E-state index in [2.05, 4.69) is 0 Å². The molecule has 0 amide bonds. The number of hydrogen-bond acceptors (Lipinski definition) is 3. The third kappa shape index (κ3) is 1.34. The SMILES string of the molecule is Cc1coc2c1C[C@@H]1CC(=O)CC[C@]1(C)C2=O. The number of hydrogen-bond donors (Lipinski definition) is 0. The molecule has 17 heavy (non-hydrogen) atoms. The van der Waals surface area contributed by atoms with Gasteiger partial charge in [-0.15, -0.1) is 0 Å². The van der Waals surface area contributed by atoms with Crippen molar-refractivity contribution in [1.29, 1.82) is 0 Å². The van der Waals surface area contributed by atoms with E-state index in [9.17, 15) is 9.59 Å². The van der Waals surface area contributed by atoms with E-state index in [1.54, 1.807) is 6.26 Å². The lowest BCUT2D eigenvalue weighted by molar-refractivity contribution is -0.123. The first-order valence-corrected chi connectivity index (χ1v) is 6.16. The monoisotopic (exact) mass is 232 g/mol. The molecule has 3 rings (SSSR count). The molecule has 90 valence electrons. The third-order valence-corrected chi connectivity index (χ3v) is 4.58. The van der Waals surface area contributed by atoms with Crippen molar-refractivity contribution in [1.82, 2.24) is 0 Å². The van der Waals surface area contributed by atoms with Crippen LogP contribution in [-0.4, -0.2) is 11.6 Å². The highest BCUT2D eigenvalue weighted by Gasteiger charge is 2.50. The lowest BCUT2D eigenvalue weighted by atomic mass is 9.59. The first-order chi connectivity index (χ1) is 8.02. The Hall–Kier alpha value is -1.38. The molecule has 0 saturated heterocycles. The molecule has 1 saturated carbocycles. The molecule has 3 nitrogen and oxygen atoms in total. The van der Waals surface area contributed by atoms with Gasteiger partial charge in [0.25, 0.3) is 0 Å².